The van der Waals surface area contributed by atoms with Gasteiger partial charge >= 0.3 is 0 Å². The van der Waals surface area contributed by atoms with Crippen LogP contribution in [0.3, 0.4) is 0 Å². The highest BCUT2D eigenvalue weighted by atomic mass is 35.5. The molecule has 2 aromatic carbocycles. The van der Waals surface area contributed by atoms with Gasteiger partial charge < -0.3 is 9.73 Å². The molecule has 0 fully saturated rings. The SMILES string of the molecule is Cc1nnc(-c2cccc(NC(=O)Cc3ccc(Cl)cc3)c2)o1. The number of benzene rings is 2. The summed E-state index contributed by atoms with van der Waals surface area (Å²) in [6, 6.07) is 14.5. The van der Waals surface area contributed by atoms with E-state index in [9.17, 15) is 4.79 Å². The molecule has 0 saturated heterocycles. The number of hydrogen-bond acceptors (Lipinski definition) is 4. The predicted molar refractivity (Wildman–Crippen MR) is 88.3 cm³/mol. The smallest absolute Gasteiger partial charge is 0.247 e. The van der Waals surface area contributed by atoms with Gasteiger partial charge in [-0.15, -0.1) is 10.2 Å². The van der Waals surface area contributed by atoms with Crippen molar-refractivity contribution in [2.75, 3.05) is 5.32 Å². The van der Waals surface area contributed by atoms with Crippen molar-refractivity contribution in [1.82, 2.24) is 10.2 Å². The van der Waals surface area contributed by atoms with E-state index in [0.717, 1.165) is 11.1 Å². The number of aryl methyl sites for hydroxylation is 1. The Bertz CT molecular complexity index is 828. The summed E-state index contributed by atoms with van der Waals surface area (Å²) >= 11 is 5.83. The lowest BCUT2D eigenvalue weighted by atomic mass is 10.1. The maximum atomic E-state index is 12.1. The molecule has 0 saturated carbocycles. The minimum absolute atomic E-state index is 0.105. The Morgan fingerprint density at radius 3 is 2.65 bits per heavy atom. The van der Waals surface area contributed by atoms with Crippen molar-refractivity contribution < 1.29 is 9.21 Å². The zero-order chi connectivity index (χ0) is 16.2. The monoisotopic (exact) mass is 327 g/mol. The van der Waals surface area contributed by atoms with Crippen LogP contribution in [0, 0.1) is 6.92 Å². The summed E-state index contributed by atoms with van der Waals surface area (Å²) in [5.74, 6) is 0.819. The van der Waals surface area contributed by atoms with E-state index >= 15 is 0 Å². The zero-order valence-electron chi connectivity index (χ0n) is 12.4. The van der Waals surface area contributed by atoms with Crippen molar-refractivity contribution in [1.29, 1.82) is 0 Å². The van der Waals surface area contributed by atoms with E-state index in [4.69, 9.17) is 16.0 Å². The predicted octanol–water partition coefficient (Wildman–Crippen LogP) is 3.88. The third-order valence-electron chi connectivity index (χ3n) is 3.20. The van der Waals surface area contributed by atoms with Gasteiger partial charge in [-0.2, -0.15) is 0 Å². The third kappa shape index (κ3) is 3.96. The highest BCUT2D eigenvalue weighted by Crippen LogP contribution is 2.21. The fourth-order valence-corrected chi connectivity index (χ4v) is 2.26. The van der Waals surface area contributed by atoms with Gasteiger partial charge in [-0.1, -0.05) is 29.8 Å². The molecule has 0 unspecified atom stereocenters. The maximum absolute atomic E-state index is 12.1. The Hall–Kier alpha value is -2.66. The van der Waals surface area contributed by atoms with E-state index in [1.807, 2.05) is 30.3 Å². The molecule has 0 aliphatic carbocycles. The summed E-state index contributed by atoms with van der Waals surface area (Å²) in [5.41, 5.74) is 2.34. The summed E-state index contributed by atoms with van der Waals surface area (Å²) in [4.78, 5) is 12.1. The first-order valence-corrected chi connectivity index (χ1v) is 7.43. The molecular weight excluding hydrogens is 314 g/mol. The lowest BCUT2D eigenvalue weighted by Crippen LogP contribution is -2.14. The van der Waals surface area contributed by atoms with Crippen LogP contribution >= 0.6 is 11.6 Å². The Kier molecular flexibility index (Phi) is 4.39. The summed E-state index contributed by atoms with van der Waals surface area (Å²) in [6.45, 7) is 1.73. The van der Waals surface area contributed by atoms with E-state index in [1.165, 1.54) is 0 Å². The van der Waals surface area contributed by atoms with E-state index in [0.29, 0.717) is 22.5 Å². The van der Waals surface area contributed by atoms with Gasteiger partial charge in [0.05, 0.1) is 6.42 Å². The minimum Gasteiger partial charge on any atom is -0.421 e. The van der Waals surface area contributed by atoms with E-state index < -0.39 is 0 Å². The van der Waals surface area contributed by atoms with Crippen LogP contribution in [-0.2, 0) is 11.2 Å². The molecule has 1 aromatic heterocycles. The number of nitrogens with one attached hydrogen (secondary N) is 1. The van der Waals surface area contributed by atoms with Crippen LogP contribution in [0.25, 0.3) is 11.5 Å². The molecule has 0 aliphatic heterocycles. The van der Waals surface area contributed by atoms with Gasteiger partial charge in [-0.3, -0.25) is 4.79 Å². The van der Waals surface area contributed by atoms with Crippen molar-refractivity contribution in [3.8, 4) is 11.5 Å². The van der Waals surface area contributed by atoms with Gasteiger partial charge in [0.15, 0.2) is 0 Å². The number of amides is 1. The Morgan fingerprint density at radius 2 is 1.96 bits per heavy atom. The molecular formula is C17H14ClN3O2. The molecule has 5 nitrogen and oxygen atoms in total. The molecule has 6 heteroatoms. The van der Waals surface area contributed by atoms with Crippen LogP contribution in [0.4, 0.5) is 5.69 Å². The summed E-state index contributed by atoms with van der Waals surface area (Å²) < 4.78 is 5.39. The number of rotatable bonds is 4. The summed E-state index contributed by atoms with van der Waals surface area (Å²) in [5, 5.41) is 11.3. The largest absolute Gasteiger partial charge is 0.421 e. The molecule has 0 radical (unpaired) electrons. The van der Waals surface area contributed by atoms with Crippen molar-refractivity contribution in [2.24, 2.45) is 0 Å². The summed E-state index contributed by atoms with van der Waals surface area (Å²) in [7, 11) is 0. The highest BCUT2D eigenvalue weighted by molar-refractivity contribution is 6.30. The van der Waals surface area contributed by atoms with Crippen LogP contribution in [-0.4, -0.2) is 16.1 Å². The van der Waals surface area contributed by atoms with E-state index in [-0.39, 0.29) is 12.3 Å². The number of aromatic nitrogens is 2. The Labute approximate surface area is 138 Å². The number of nitrogens with zero attached hydrogens (tertiary/aromatic N) is 2. The van der Waals surface area contributed by atoms with Crippen LogP contribution in [0.5, 0.6) is 0 Å². The lowest BCUT2D eigenvalue weighted by molar-refractivity contribution is -0.115. The Balaban J connectivity index is 1.70. The number of carbonyl (C=O) groups is 1. The van der Waals surface area contributed by atoms with Crippen molar-refractivity contribution in [2.45, 2.75) is 13.3 Å². The van der Waals surface area contributed by atoms with E-state index in [2.05, 4.69) is 15.5 Å². The molecule has 3 aromatic rings. The van der Waals surface area contributed by atoms with Gasteiger partial charge in [0.25, 0.3) is 0 Å². The highest BCUT2D eigenvalue weighted by Gasteiger charge is 2.08. The number of carbonyl (C=O) groups excluding carboxylic acids is 1. The number of hydrogen-bond donors (Lipinski definition) is 1. The van der Waals surface area contributed by atoms with Crippen LogP contribution in [0.1, 0.15) is 11.5 Å². The molecule has 116 valence electrons. The third-order valence-corrected chi connectivity index (χ3v) is 3.45. The molecule has 1 amide bonds. The molecule has 23 heavy (non-hydrogen) atoms. The van der Waals surface area contributed by atoms with Gasteiger partial charge in [0.2, 0.25) is 17.7 Å². The molecule has 0 spiro atoms. The van der Waals surface area contributed by atoms with Crippen LogP contribution in [0.15, 0.2) is 52.9 Å². The fourth-order valence-electron chi connectivity index (χ4n) is 2.14. The van der Waals surface area contributed by atoms with Crippen LogP contribution in [0.2, 0.25) is 5.02 Å². The second-order valence-electron chi connectivity index (χ2n) is 5.06. The maximum Gasteiger partial charge on any atom is 0.247 e. The number of anilines is 1. The van der Waals surface area contributed by atoms with E-state index in [1.54, 1.807) is 25.1 Å². The first kappa shape index (κ1) is 15.2. The Morgan fingerprint density at radius 1 is 1.17 bits per heavy atom. The average Bonchev–Trinajstić information content (AvgIpc) is 2.96. The second-order valence-corrected chi connectivity index (χ2v) is 5.49. The molecule has 0 bridgehead atoms. The molecule has 3 rings (SSSR count). The first-order chi connectivity index (χ1) is 11.1. The first-order valence-electron chi connectivity index (χ1n) is 7.05. The van der Waals surface area contributed by atoms with Gasteiger partial charge in [0.1, 0.15) is 0 Å². The fraction of sp³-hybridized carbons (Fsp3) is 0.118. The van der Waals surface area contributed by atoms with Crippen molar-refractivity contribution in [3.63, 3.8) is 0 Å². The summed E-state index contributed by atoms with van der Waals surface area (Å²) in [6.07, 6.45) is 0.279. The van der Waals surface area contributed by atoms with Gasteiger partial charge in [-0.05, 0) is 35.9 Å². The zero-order valence-corrected chi connectivity index (χ0v) is 13.2. The molecule has 0 atom stereocenters. The molecule has 0 aliphatic rings. The lowest BCUT2D eigenvalue weighted by Gasteiger charge is -2.06. The quantitative estimate of drug-likeness (QED) is 0.789. The molecule has 1 heterocycles. The topological polar surface area (TPSA) is 68.0 Å². The van der Waals surface area contributed by atoms with Crippen molar-refractivity contribution >= 4 is 23.2 Å². The standard InChI is InChI=1S/C17H14ClN3O2/c1-11-20-21-17(23-11)13-3-2-4-15(10-13)19-16(22)9-12-5-7-14(18)8-6-12/h2-8,10H,9H2,1H3,(H,19,22). The number of halogens is 1. The average molecular weight is 328 g/mol. The van der Waals surface area contributed by atoms with Gasteiger partial charge in [0, 0.05) is 23.2 Å². The second kappa shape index (κ2) is 6.62. The van der Waals surface area contributed by atoms with Crippen LogP contribution < -0.4 is 5.32 Å². The normalized spacial score (nSPS) is 10.5. The van der Waals surface area contributed by atoms with Gasteiger partial charge in [-0.25, -0.2) is 0 Å². The van der Waals surface area contributed by atoms with Crippen molar-refractivity contribution in [3.05, 3.63) is 65.0 Å². The molecule has 1 N–H and O–H groups in total. The minimum atomic E-state index is -0.105.